The van der Waals surface area contributed by atoms with E-state index in [4.69, 9.17) is 0 Å². The van der Waals surface area contributed by atoms with Crippen molar-refractivity contribution in [2.75, 3.05) is 20.6 Å². The Balaban J connectivity index is 2.40. The predicted molar refractivity (Wildman–Crippen MR) is 60.3 cm³/mol. The second-order valence-electron chi connectivity index (χ2n) is 3.88. The summed E-state index contributed by atoms with van der Waals surface area (Å²) in [6.07, 6.45) is 3.86. The van der Waals surface area contributed by atoms with E-state index in [0.29, 0.717) is 6.54 Å². The number of Topliss-reactive ketones (excluding diaryl/α,β-unsaturated/α-hetero) is 1. The normalized spacial score (nSPS) is 11.1. The highest BCUT2D eigenvalue weighted by molar-refractivity contribution is 6.03. The fourth-order valence-corrected chi connectivity index (χ4v) is 1.66. The minimum Gasteiger partial charge on any atom is -0.323 e. The number of likely N-dealkylation sites (N-methyl/N-ethyl adjacent to an activating group) is 1. The number of carbonyl (C=O) groups is 1. The molecule has 0 aliphatic heterocycles. The van der Waals surface area contributed by atoms with Crippen LogP contribution >= 0.6 is 0 Å². The summed E-state index contributed by atoms with van der Waals surface area (Å²) in [7, 11) is 3.80. The lowest BCUT2D eigenvalue weighted by Crippen LogP contribution is -2.21. The maximum absolute atomic E-state index is 11.9. The molecule has 0 spiro atoms. The van der Waals surface area contributed by atoms with E-state index >= 15 is 0 Å². The summed E-state index contributed by atoms with van der Waals surface area (Å²) in [6, 6.07) is 7.74. The minimum absolute atomic E-state index is 0.161. The van der Waals surface area contributed by atoms with Gasteiger partial charge >= 0.3 is 0 Å². The zero-order valence-corrected chi connectivity index (χ0v) is 8.97. The summed E-state index contributed by atoms with van der Waals surface area (Å²) in [4.78, 5) is 13.8. The van der Waals surface area contributed by atoms with Crippen molar-refractivity contribution >= 4 is 11.3 Å². The first-order chi connectivity index (χ1) is 7.18. The number of carbonyl (C=O) groups excluding carboxylic acids is 1. The molecule has 3 heteroatoms. The van der Waals surface area contributed by atoms with Gasteiger partial charge in [0, 0.05) is 18.0 Å². The predicted octanol–water partition coefficient (Wildman–Crippen LogP) is 1.68. The van der Waals surface area contributed by atoms with Crippen molar-refractivity contribution in [3.63, 3.8) is 0 Å². The van der Waals surface area contributed by atoms with Crippen LogP contribution in [0.2, 0.25) is 0 Å². The van der Waals surface area contributed by atoms with Crippen molar-refractivity contribution in [1.29, 1.82) is 0 Å². The van der Waals surface area contributed by atoms with Crippen LogP contribution in [-0.2, 0) is 0 Å². The second-order valence-corrected chi connectivity index (χ2v) is 3.88. The van der Waals surface area contributed by atoms with E-state index < -0.39 is 0 Å². The summed E-state index contributed by atoms with van der Waals surface area (Å²) >= 11 is 0. The van der Waals surface area contributed by atoms with Crippen molar-refractivity contribution in [3.05, 3.63) is 42.2 Å². The third kappa shape index (κ3) is 1.92. The molecule has 0 unspecified atom stereocenters. The van der Waals surface area contributed by atoms with Crippen molar-refractivity contribution in [2.24, 2.45) is 0 Å². The van der Waals surface area contributed by atoms with Gasteiger partial charge in [0.1, 0.15) is 0 Å². The van der Waals surface area contributed by atoms with E-state index in [1.807, 2.05) is 60.1 Å². The van der Waals surface area contributed by atoms with Gasteiger partial charge in [-0.25, -0.2) is 0 Å². The zero-order valence-electron chi connectivity index (χ0n) is 8.97. The van der Waals surface area contributed by atoms with Crippen molar-refractivity contribution in [2.45, 2.75) is 0 Å². The number of pyridine rings is 1. The van der Waals surface area contributed by atoms with Crippen LogP contribution in [0.1, 0.15) is 10.4 Å². The highest BCUT2D eigenvalue weighted by Gasteiger charge is 2.11. The maximum atomic E-state index is 11.9. The Hall–Kier alpha value is -1.61. The molecule has 0 atom stereocenters. The first-order valence-electron chi connectivity index (χ1n) is 4.92. The lowest BCUT2D eigenvalue weighted by atomic mass is 10.1. The molecule has 0 amide bonds. The standard InChI is InChI=1S/C12H14N2O/c1-13(2)9-12(15)10-6-8-14-7-4-3-5-11(10)14/h3-8H,9H2,1-2H3. The molecule has 0 bridgehead atoms. The van der Waals surface area contributed by atoms with Gasteiger partial charge in [0.15, 0.2) is 5.78 Å². The van der Waals surface area contributed by atoms with Gasteiger partial charge in [-0.2, -0.15) is 0 Å². The van der Waals surface area contributed by atoms with Gasteiger partial charge in [-0.05, 0) is 32.3 Å². The summed E-state index contributed by atoms with van der Waals surface area (Å²) in [5, 5.41) is 0. The Morgan fingerprint density at radius 2 is 2.07 bits per heavy atom. The maximum Gasteiger partial charge on any atom is 0.178 e. The summed E-state index contributed by atoms with van der Waals surface area (Å²) in [5.41, 5.74) is 1.77. The molecular weight excluding hydrogens is 188 g/mol. The number of rotatable bonds is 3. The van der Waals surface area contributed by atoms with Gasteiger partial charge in [-0.15, -0.1) is 0 Å². The van der Waals surface area contributed by atoms with E-state index in [2.05, 4.69) is 0 Å². The zero-order chi connectivity index (χ0) is 10.8. The molecule has 2 heterocycles. The molecule has 2 aromatic heterocycles. The van der Waals surface area contributed by atoms with Crippen LogP contribution in [0.4, 0.5) is 0 Å². The number of aromatic nitrogens is 1. The fourth-order valence-electron chi connectivity index (χ4n) is 1.66. The van der Waals surface area contributed by atoms with Crippen molar-refractivity contribution in [3.8, 4) is 0 Å². The highest BCUT2D eigenvalue weighted by Crippen LogP contribution is 2.12. The Kier molecular flexibility index (Phi) is 2.56. The average Bonchev–Trinajstić information content (AvgIpc) is 2.59. The van der Waals surface area contributed by atoms with Crippen LogP contribution < -0.4 is 0 Å². The van der Waals surface area contributed by atoms with Crippen LogP contribution in [0.25, 0.3) is 5.52 Å². The Morgan fingerprint density at radius 3 is 2.80 bits per heavy atom. The third-order valence-corrected chi connectivity index (χ3v) is 2.33. The van der Waals surface area contributed by atoms with E-state index in [9.17, 15) is 4.79 Å². The summed E-state index contributed by atoms with van der Waals surface area (Å²) < 4.78 is 1.96. The monoisotopic (exact) mass is 202 g/mol. The molecule has 0 saturated carbocycles. The van der Waals surface area contributed by atoms with E-state index in [0.717, 1.165) is 11.1 Å². The highest BCUT2D eigenvalue weighted by atomic mass is 16.1. The Bertz CT molecular complexity index is 485. The molecule has 0 aliphatic carbocycles. The molecule has 3 nitrogen and oxygen atoms in total. The lowest BCUT2D eigenvalue weighted by molar-refractivity contribution is 0.0959. The molecule has 0 fully saturated rings. The Morgan fingerprint density at radius 1 is 1.27 bits per heavy atom. The topological polar surface area (TPSA) is 24.7 Å². The molecule has 15 heavy (non-hydrogen) atoms. The van der Waals surface area contributed by atoms with E-state index in [1.165, 1.54) is 0 Å². The molecule has 0 radical (unpaired) electrons. The Labute approximate surface area is 88.9 Å². The fraction of sp³-hybridized carbons (Fsp3) is 0.250. The van der Waals surface area contributed by atoms with Gasteiger partial charge in [-0.1, -0.05) is 6.07 Å². The van der Waals surface area contributed by atoms with Crippen LogP contribution in [0, 0.1) is 0 Å². The molecule has 78 valence electrons. The van der Waals surface area contributed by atoms with Gasteiger partial charge in [0.25, 0.3) is 0 Å². The average molecular weight is 202 g/mol. The summed E-state index contributed by atoms with van der Waals surface area (Å²) in [5.74, 6) is 0.161. The lowest BCUT2D eigenvalue weighted by Gasteiger charge is -2.07. The number of fused-ring (bicyclic) bond motifs is 1. The minimum atomic E-state index is 0.161. The molecule has 2 aromatic rings. The first-order valence-corrected chi connectivity index (χ1v) is 4.92. The van der Waals surface area contributed by atoms with Gasteiger partial charge in [0.2, 0.25) is 0 Å². The quantitative estimate of drug-likeness (QED) is 0.707. The molecule has 2 rings (SSSR count). The van der Waals surface area contributed by atoms with Crippen LogP contribution in [-0.4, -0.2) is 35.7 Å². The molecule has 0 aromatic carbocycles. The number of ketones is 1. The van der Waals surface area contributed by atoms with E-state index in [-0.39, 0.29) is 5.78 Å². The number of hydrogen-bond donors (Lipinski definition) is 0. The summed E-state index contributed by atoms with van der Waals surface area (Å²) in [6.45, 7) is 0.453. The third-order valence-electron chi connectivity index (χ3n) is 2.33. The van der Waals surface area contributed by atoms with Gasteiger partial charge in [0.05, 0.1) is 12.1 Å². The molecular formula is C12H14N2O. The molecule has 0 N–H and O–H groups in total. The largest absolute Gasteiger partial charge is 0.323 e. The van der Waals surface area contributed by atoms with E-state index in [1.54, 1.807) is 0 Å². The number of hydrogen-bond acceptors (Lipinski definition) is 2. The van der Waals surface area contributed by atoms with Gasteiger partial charge in [-0.3, -0.25) is 4.79 Å². The first kappa shape index (κ1) is 9.93. The smallest absolute Gasteiger partial charge is 0.178 e. The molecule has 0 aliphatic rings. The van der Waals surface area contributed by atoms with Crippen LogP contribution in [0.5, 0.6) is 0 Å². The van der Waals surface area contributed by atoms with Gasteiger partial charge < -0.3 is 9.30 Å². The van der Waals surface area contributed by atoms with Crippen molar-refractivity contribution in [1.82, 2.24) is 9.30 Å². The molecule has 0 saturated heterocycles. The number of nitrogens with zero attached hydrogens (tertiary/aromatic N) is 2. The van der Waals surface area contributed by atoms with Crippen LogP contribution in [0.15, 0.2) is 36.7 Å². The van der Waals surface area contributed by atoms with Crippen LogP contribution in [0.3, 0.4) is 0 Å². The second kappa shape index (κ2) is 3.87. The van der Waals surface area contributed by atoms with Crippen molar-refractivity contribution < 1.29 is 4.79 Å². The SMILES string of the molecule is CN(C)CC(=O)c1ccn2ccccc12.